The summed E-state index contributed by atoms with van der Waals surface area (Å²) in [5.74, 6) is -1.34. The van der Waals surface area contributed by atoms with Crippen LogP contribution in [0.1, 0.15) is 12.0 Å². The third-order valence-corrected chi connectivity index (χ3v) is 2.78. The van der Waals surface area contributed by atoms with E-state index in [2.05, 4.69) is 10.6 Å². The number of aliphatic carboxylic acids is 1. The first-order valence-corrected chi connectivity index (χ1v) is 5.62. The Labute approximate surface area is 105 Å². The van der Waals surface area contributed by atoms with Crippen LogP contribution in [0.15, 0.2) is 36.0 Å². The second kappa shape index (κ2) is 4.91. The lowest BCUT2D eigenvalue weighted by Gasteiger charge is -2.02. The van der Waals surface area contributed by atoms with Gasteiger partial charge in [0.25, 0.3) is 0 Å². The molecule has 1 saturated heterocycles. The molecule has 1 aliphatic rings. The van der Waals surface area contributed by atoms with Crippen molar-refractivity contribution in [1.29, 1.82) is 0 Å². The number of amides is 1. The number of carboxylic acid groups (broad SMARTS) is 1. The molecule has 5 nitrogen and oxygen atoms in total. The minimum atomic E-state index is -1.01. The quantitative estimate of drug-likeness (QED) is 0.702. The molecule has 1 atom stereocenters. The molecule has 0 aromatic heterocycles. The van der Waals surface area contributed by atoms with E-state index < -0.39 is 12.0 Å². The molecule has 1 aromatic rings. The number of rotatable bonds is 3. The number of anilines is 1. The third-order valence-electron chi connectivity index (χ3n) is 2.78. The summed E-state index contributed by atoms with van der Waals surface area (Å²) in [5.41, 5.74) is 2.46. The molecule has 18 heavy (non-hydrogen) atoms. The van der Waals surface area contributed by atoms with Gasteiger partial charge in [-0.1, -0.05) is 17.7 Å². The fourth-order valence-corrected chi connectivity index (χ4v) is 1.71. The summed E-state index contributed by atoms with van der Waals surface area (Å²) in [6, 6.07) is 6.89. The van der Waals surface area contributed by atoms with Crippen molar-refractivity contribution in [2.75, 3.05) is 5.32 Å². The largest absolute Gasteiger partial charge is 0.480 e. The van der Waals surface area contributed by atoms with Crippen molar-refractivity contribution in [2.24, 2.45) is 0 Å². The highest BCUT2D eigenvalue weighted by Crippen LogP contribution is 2.16. The van der Waals surface area contributed by atoms with E-state index in [-0.39, 0.29) is 12.3 Å². The maximum absolute atomic E-state index is 11.5. The van der Waals surface area contributed by atoms with Crippen molar-refractivity contribution in [1.82, 2.24) is 5.32 Å². The molecule has 1 heterocycles. The number of aryl methyl sites for hydroxylation is 1. The lowest BCUT2D eigenvalue weighted by atomic mass is 10.1. The van der Waals surface area contributed by atoms with Gasteiger partial charge in [0.15, 0.2) is 0 Å². The Morgan fingerprint density at radius 2 is 2.11 bits per heavy atom. The molecule has 0 bridgehead atoms. The number of carbonyl (C=O) groups excluding carboxylic acids is 1. The summed E-state index contributed by atoms with van der Waals surface area (Å²) in [6.45, 7) is 1.99. The summed E-state index contributed by atoms with van der Waals surface area (Å²) >= 11 is 0. The van der Waals surface area contributed by atoms with Gasteiger partial charge >= 0.3 is 5.97 Å². The summed E-state index contributed by atoms with van der Waals surface area (Å²) in [4.78, 5) is 22.2. The van der Waals surface area contributed by atoms with Gasteiger partial charge < -0.3 is 15.7 Å². The van der Waals surface area contributed by atoms with Crippen LogP contribution in [0.2, 0.25) is 0 Å². The van der Waals surface area contributed by atoms with E-state index in [4.69, 9.17) is 5.11 Å². The lowest BCUT2D eigenvalue weighted by Crippen LogP contribution is -2.32. The molecular weight excluding hydrogens is 232 g/mol. The summed E-state index contributed by atoms with van der Waals surface area (Å²) in [7, 11) is 0. The second-order valence-corrected chi connectivity index (χ2v) is 4.25. The minimum Gasteiger partial charge on any atom is -0.480 e. The van der Waals surface area contributed by atoms with E-state index in [0.717, 1.165) is 11.3 Å². The van der Waals surface area contributed by atoms with E-state index in [1.165, 1.54) is 0 Å². The molecule has 1 aromatic carbocycles. The van der Waals surface area contributed by atoms with Crippen LogP contribution in [0, 0.1) is 6.92 Å². The van der Waals surface area contributed by atoms with Crippen LogP contribution < -0.4 is 10.6 Å². The van der Waals surface area contributed by atoms with Crippen molar-refractivity contribution in [2.45, 2.75) is 19.4 Å². The first-order valence-electron chi connectivity index (χ1n) is 5.62. The highest BCUT2D eigenvalue weighted by atomic mass is 16.4. The van der Waals surface area contributed by atoms with Crippen LogP contribution in [-0.2, 0) is 9.59 Å². The molecule has 1 amide bonds. The van der Waals surface area contributed by atoms with Crippen LogP contribution >= 0.6 is 0 Å². The van der Waals surface area contributed by atoms with Gasteiger partial charge in [-0.15, -0.1) is 0 Å². The number of carboxylic acids is 1. The predicted octanol–water partition coefficient (Wildman–Crippen LogP) is 1.26. The fraction of sp³-hybridized carbons (Fsp3) is 0.231. The van der Waals surface area contributed by atoms with Crippen LogP contribution in [-0.4, -0.2) is 23.0 Å². The zero-order valence-corrected chi connectivity index (χ0v) is 9.93. The zero-order valence-electron chi connectivity index (χ0n) is 9.93. The normalized spacial score (nSPS) is 20.8. The molecule has 0 aliphatic carbocycles. The van der Waals surface area contributed by atoms with Crippen LogP contribution in [0.3, 0.4) is 0 Å². The predicted molar refractivity (Wildman–Crippen MR) is 67.1 cm³/mol. The van der Waals surface area contributed by atoms with Gasteiger partial charge in [0.2, 0.25) is 5.91 Å². The summed E-state index contributed by atoms with van der Waals surface area (Å²) in [6.07, 6.45) is 1.76. The second-order valence-electron chi connectivity index (χ2n) is 4.25. The number of nitrogens with one attached hydrogen (secondary N) is 2. The monoisotopic (exact) mass is 246 g/mol. The molecule has 1 aliphatic heterocycles. The van der Waals surface area contributed by atoms with E-state index in [9.17, 15) is 9.59 Å². The van der Waals surface area contributed by atoms with Gasteiger partial charge in [0.05, 0.1) is 0 Å². The average Bonchev–Trinajstić information content (AvgIpc) is 2.70. The van der Waals surface area contributed by atoms with Crippen LogP contribution in [0.4, 0.5) is 5.69 Å². The molecule has 0 saturated carbocycles. The Morgan fingerprint density at radius 3 is 2.67 bits per heavy atom. The molecule has 5 heteroatoms. The van der Waals surface area contributed by atoms with E-state index >= 15 is 0 Å². The molecule has 0 unspecified atom stereocenters. The summed E-state index contributed by atoms with van der Waals surface area (Å²) in [5, 5.41) is 14.2. The SMILES string of the molecule is Cc1ccc(N/C=C2\C[C@@H](C(=O)O)NC2=O)cc1. The van der Waals surface area contributed by atoms with Crippen LogP contribution in [0.5, 0.6) is 0 Å². The van der Waals surface area contributed by atoms with Gasteiger partial charge in [-0.2, -0.15) is 0 Å². The summed E-state index contributed by atoms with van der Waals surface area (Å²) < 4.78 is 0. The van der Waals surface area contributed by atoms with Crippen molar-refractivity contribution in [3.05, 3.63) is 41.6 Å². The van der Waals surface area contributed by atoms with Gasteiger partial charge in [0.1, 0.15) is 6.04 Å². The van der Waals surface area contributed by atoms with Gasteiger partial charge in [-0.05, 0) is 19.1 Å². The highest BCUT2D eigenvalue weighted by Gasteiger charge is 2.31. The van der Waals surface area contributed by atoms with Gasteiger partial charge in [-0.25, -0.2) is 4.79 Å². The minimum absolute atomic E-state index is 0.201. The Balaban J connectivity index is 2.04. The molecule has 0 spiro atoms. The maximum atomic E-state index is 11.5. The van der Waals surface area contributed by atoms with E-state index in [0.29, 0.717) is 5.57 Å². The fourth-order valence-electron chi connectivity index (χ4n) is 1.71. The van der Waals surface area contributed by atoms with Crippen molar-refractivity contribution in [3.8, 4) is 0 Å². The highest BCUT2D eigenvalue weighted by molar-refractivity contribution is 6.00. The lowest BCUT2D eigenvalue weighted by molar-refractivity contribution is -0.140. The third kappa shape index (κ3) is 2.68. The standard InChI is InChI=1S/C13H14N2O3/c1-8-2-4-10(5-3-8)14-7-9-6-11(13(17)18)15-12(9)16/h2-5,7,11,14H,6H2,1H3,(H,15,16)(H,17,18)/b9-7+/t11-/m0/s1. The Bertz CT molecular complexity index is 505. The number of hydrogen-bond donors (Lipinski definition) is 3. The van der Waals surface area contributed by atoms with Gasteiger partial charge in [-0.3, -0.25) is 4.79 Å². The number of hydrogen-bond acceptors (Lipinski definition) is 3. The van der Waals surface area contributed by atoms with Crippen molar-refractivity contribution >= 4 is 17.6 Å². The Hall–Kier alpha value is -2.30. The van der Waals surface area contributed by atoms with E-state index in [1.54, 1.807) is 6.20 Å². The first kappa shape index (κ1) is 12.2. The molecule has 1 fully saturated rings. The molecule has 3 N–H and O–H groups in total. The zero-order chi connectivity index (χ0) is 13.1. The van der Waals surface area contributed by atoms with E-state index in [1.807, 2.05) is 31.2 Å². The number of benzene rings is 1. The maximum Gasteiger partial charge on any atom is 0.326 e. The van der Waals surface area contributed by atoms with Crippen molar-refractivity contribution in [3.63, 3.8) is 0 Å². The Kier molecular flexibility index (Phi) is 3.32. The molecule has 94 valence electrons. The van der Waals surface area contributed by atoms with Crippen LogP contribution in [0.25, 0.3) is 0 Å². The molecule has 0 radical (unpaired) electrons. The average molecular weight is 246 g/mol. The Morgan fingerprint density at radius 1 is 1.44 bits per heavy atom. The topological polar surface area (TPSA) is 78.4 Å². The smallest absolute Gasteiger partial charge is 0.326 e. The molecular formula is C13H14N2O3. The first-order chi connectivity index (χ1) is 8.56. The molecule has 2 rings (SSSR count). The number of carbonyl (C=O) groups is 2. The van der Waals surface area contributed by atoms with Gasteiger partial charge in [0, 0.05) is 23.9 Å². The van der Waals surface area contributed by atoms with Crippen molar-refractivity contribution < 1.29 is 14.7 Å².